The van der Waals surface area contributed by atoms with E-state index in [4.69, 9.17) is 4.74 Å². The summed E-state index contributed by atoms with van der Waals surface area (Å²) in [7, 11) is 0. The molecule has 0 saturated carbocycles. The van der Waals surface area contributed by atoms with Gasteiger partial charge in [-0.25, -0.2) is 4.68 Å². The van der Waals surface area contributed by atoms with Gasteiger partial charge in [0, 0.05) is 38.5 Å². The first kappa shape index (κ1) is 14.9. The largest absolute Gasteiger partial charge is 0.477 e. The first-order valence-corrected chi connectivity index (χ1v) is 8.23. The number of nitrogens with one attached hydrogen (secondary N) is 1. The number of fused-ring (bicyclic) bond motifs is 1. The molecule has 8 heteroatoms. The number of hydrogen-bond acceptors (Lipinski definition) is 6. The fraction of sp³-hybridized carbons (Fsp3) is 0.500. The number of ether oxygens (including phenoxy) is 1. The molecule has 2 aromatic rings. The molecular formula is C16H20N6O2. The number of carbonyl (C=O) groups is 1. The summed E-state index contributed by atoms with van der Waals surface area (Å²) in [4.78, 5) is 14.5. The van der Waals surface area contributed by atoms with Crippen LogP contribution in [-0.4, -0.2) is 52.1 Å². The van der Waals surface area contributed by atoms with Crippen LogP contribution in [0.5, 0.6) is 5.88 Å². The zero-order valence-corrected chi connectivity index (χ0v) is 13.6. The van der Waals surface area contributed by atoms with Crippen LogP contribution in [-0.2, 0) is 6.54 Å². The molecule has 0 spiro atoms. The van der Waals surface area contributed by atoms with Crippen LogP contribution in [0.15, 0.2) is 18.3 Å². The van der Waals surface area contributed by atoms with Crippen molar-refractivity contribution in [2.45, 2.75) is 19.9 Å². The molecule has 2 aromatic heterocycles. The molecule has 0 unspecified atom stereocenters. The number of rotatable bonds is 4. The number of nitrogens with zero attached hydrogens (tertiary/aromatic N) is 5. The number of hydrogen-bond donors (Lipinski definition) is 1. The van der Waals surface area contributed by atoms with Crippen molar-refractivity contribution in [3.63, 3.8) is 0 Å². The van der Waals surface area contributed by atoms with Crippen molar-refractivity contribution in [1.82, 2.24) is 25.3 Å². The van der Waals surface area contributed by atoms with Crippen molar-refractivity contribution in [3.8, 4) is 5.88 Å². The van der Waals surface area contributed by atoms with E-state index in [1.54, 1.807) is 10.9 Å². The summed E-state index contributed by atoms with van der Waals surface area (Å²) in [5, 5.41) is 15.4. The fourth-order valence-electron chi connectivity index (χ4n) is 3.00. The molecule has 2 aliphatic rings. The second-order valence-electron chi connectivity index (χ2n) is 6.30. The van der Waals surface area contributed by atoms with Crippen molar-refractivity contribution < 1.29 is 9.53 Å². The molecule has 0 atom stereocenters. The summed E-state index contributed by atoms with van der Waals surface area (Å²) >= 11 is 0. The predicted octanol–water partition coefficient (Wildman–Crippen LogP) is 0.630. The third-order valence-corrected chi connectivity index (χ3v) is 4.40. The molecule has 24 heavy (non-hydrogen) atoms. The standard InChI is InChI=1S/C16H20N6O2/c1-11-3-4-14(20-19-11)21-9-12(10-21)7-17-15(23)13-8-18-22-5-2-6-24-16(13)22/h3-4,8,12H,2,5-7,9-10H2,1H3,(H,17,23). The van der Waals surface area contributed by atoms with Crippen LogP contribution in [0, 0.1) is 12.8 Å². The molecule has 2 aliphatic heterocycles. The molecule has 0 bridgehead atoms. The maximum atomic E-state index is 12.3. The molecule has 8 nitrogen and oxygen atoms in total. The van der Waals surface area contributed by atoms with Crippen LogP contribution >= 0.6 is 0 Å². The lowest BCUT2D eigenvalue weighted by Gasteiger charge is -2.39. The van der Waals surface area contributed by atoms with Crippen molar-refractivity contribution in [2.24, 2.45) is 5.92 Å². The molecular weight excluding hydrogens is 308 g/mol. The third-order valence-electron chi connectivity index (χ3n) is 4.40. The lowest BCUT2D eigenvalue weighted by atomic mass is 10.00. The van der Waals surface area contributed by atoms with E-state index in [0.717, 1.165) is 37.6 Å². The summed E-state index contributed by atoms with van der Waals surface area (Å²) in [5.41, 5.74) is 1.44. The fourth-order valence-corrected chi connectivity index (χ4v) is 3.00. The molecule has 0 aliphatic carbocycles. The van der Waals surface area contributed by atoms with E-state index >= 15 is 0 Å². The van der Waals surface area contributed by atoms with Crippen LogP contribution in [0.4, 0.5) is 5.82 Å². The Morgan fingerprint density at radius 3 is 3.04 bits per heavy atom. The molecule has 1 fully saturated rings. The monoisotopic (exact) mass is 328 g/mol. The highest BCUT2D eigenvalue weighted by molar-refractivity contribution is 5.96. The highest BCUT2D eigenvalue weighted by atomic mass is 16.5. The first-order chi connectivity index (χ1) is 11.7. The van der Waals surface area contributed by atoms with Crippen molar-refractivity contribution >= 4 is 11.7 Å². The van der Waals surface area contributed by atoms with E-state index in [0.29, 0.717) is 30.5 Å². The number of anilines is 1. The summed E-state index contributed by atoms with van der Waals surface area (Å²) in [6, 6.07) is 3.94. The molecule has 1 amide bonds. The van der Waals surface area contributed by atoms with Crippen molar-refractivity contribution in [1.29, 1.82) is 0 Å². The lowest BCUT2D eigenvalue weighted by molar-refractivity contribution is 0.0938. The van der Waals surface area contributed by atoms with Gasteiger partial charge < -0.3 is 15.0 Å². The van der Waals surface area contributed by atoms with Crippen LogP contribution in [0.1, 0.15) is 22.5 Å². The molecule has 0 aromatic carbocycles. The van der Waals surface area contributed by atoms with Gasteiger partial charge in [-0.15, -0.1) is 5.10 Å². The van der Waals surface area contributed by atoms with E-state index in [2.05, 4.69) is 25.5 Å². The minimum absolute atomic E-state index is 0.119. The van der Waals surface area contributed by atoms with Gasteiger partial charge in [-0.2, -0.15) is 10.2 Å². The maximum Gasteiger partial charge on any atom is 0.258 e. The Labute approximate surface area is 139 Å². The van der Waals surface area contributed by atoms with Gasteiger partial charge in [0.15, 0.2) is 5.82 Å². The second-order valence-corrected chi connectivity index (χ2v) is 6.30. The van der Waals surface area contributed by atoms with E-state index < -0.39 is 0 Å². The Balaban J connectivity index is 1.28. The van der Waals surface area contributed by atoms with Crippen LogP contribution in [0.2, 0.25) is 0 Å². The summed E-state index contributed by atoms with van der Waals surface area (Å²) in [6.07, 6.45) is 2.51. The lowest BCUT2D eigenvalue weighted by Crippen LogP contribution is -2.52. The Morgan fingerprint density at radius 2 is 2.25 bits per heavy atom. The van der Waals surface area contributed by atoms with Crippen molar-refractivity contribution in [3.05, 3.63) is 29.6 Å². The summed E-state index contributed by atoms with van der Waals surface area (Å²) < 4.78 is 7.31. The smallest absolute Gasteiger partial charge is 0.258 e. The minimum atomic E-state index is -0.119. The molecule has 1 N–H and O–H groups in total. The minimum Gasteiger partial charge on any atom is -0.477 e. The zero-order valence-electron chi connectivity index (χ0n) is 13.6. The Hall–Kier alpha value is -2.64. The van der Waals surface area contributed by atoms with Crippen molar-refractivity contribution in [2.75, 3.05) is 31.1 Å². The van der Waals surface area contributed by atoms with Gasteiger partial charge in [-0.1, -0.05) is 0 Å². The SMILES string of the molecule is Cc1ccc(N2CC(CNC(=O)c3cnn4c3OCCC4)C2)nn1. The average molecular weight is 328 g/mol. The maximum absolute atomic E-state index is 12.3. The molecule has 4 rings (SSSR count). The normalized spacial score (nSPS) is 17.0. The first-order valence-electron chi connectivity index (χ1n) is 8.23. The second kappa shape index (κ2) is 6.10. The van der Waals surface area contributed by atoms with E-state index in [-0.39, 0.29) is 5.91 Å². The molecule has 126 valence electrons. The Morgan fingerprint density at radius 1 is 1.38 bits per heavy atom. The van der Waals surface area contributed by atoms with Crippen LogP contribution in [0.25, 0.3) is 0 Å². The Kier molecular flexibility index (Phi) is 3.79. The molecule has 4 heterocycles. The van der Waals surface area contributed by atoms with Gasteiger partial charge in [0.1, 0.15) is 5.56 Å². The molecule has 1 saturated heterocycles. The quantitative estimate of drug-likeness (QED) is 0.886. The highest BCUT2D eigenvalue weighted by Crippen LogP contribution is 2.23. The Bertz CT molecular complexity index is 736. The average Bonchev–Trinajstić information content (AvgIpc) is 2.99. The van der Waals surface area contributed by atoms with E-state index in [1.807, 2.05) is 19.1 Å². The predicted molar refractivity (Wildman–Crippen MR) is 87.1 cm³/mol. The van der Waals surface area contributed by atoms with Gasteiger partial charge in [0.2, 0.25) is 5.88 Å². The van der Waals surface area contributed by atoms with E-state index in [9.17, 15) is 4.79 Å². The van der Waals surface area contributed by atoms with Gasteiger partial charge in [-0.05, 0) is 19.1 Å². The van der Waals surface area contributed by atoms with Gasteiger partial charge in [0.05, 0.1) is 18.5 Å². The molecule has 0 radical (unpaired) electrons. The summed E-state index contributed by atoms with van der Waals surface area (Å²) in [6.45, 7) is 5.75. The third kappa shape index (κ3) is 2.79. The number of carbonyl (C=O) groups excluding carboxylic acids is 1. The van der Waals surface area contributed by atoms with Crippen LogP contribution in [0.3, 0.4) is 0 Å². The zero-order chi connectivity index (χ0) is 16.5. The summed E-state index contributed by atoms with van der Waals surface area (Å²) in [5.74, 6) is 1.78. The number of amides is 1. The highest BCUT2D eigenvalue weighted by Gasteiger charge is 2.29. The van der Waals surface area contributed by atoms with Gasteiger partial charge in [-0.3, -0.25) is 4.79 Å². The number of aromatic nitrogens is 4. The topological polar surface area (TPSA) is 85.2 Å². The van der Waals surface area contributed by atoms with Gasteiger partial charge in [0.25, 0.3) is 5.91 Å². The number of aryl methyl sites for hydroxylation is 2. The van der Waals surface area contributed by atoms with Gasteiger partial charge >= 0.3 is 0 Å². The van der Waals surface area contributed by atoms with Crippen LogP contribution < -0.4 is 15.0 Å². The van der Waals surface area contributed by atoms with E-state index in [1.165, 1.54) is 0 Å².